The molecule has 0 saturated heterocycles. The molecule has 2 heterocycles. The van der Waals surface area contributed by atoms with Crippen LogP contribution in [-0.2, 0) is 6.42 Å². The van der Waals surface area contributed by atoms with Crippen LogP contribution in [0.25, 0.3) is 16.9 Å². The highest BCUT2D eigenvalue weighted by atomic mass is 79.9. The van der Waals surface area contributed by atoms with Crippen LogP contribution in [-0.4, -0.2) is 9.38 Å². The number of imidazole rings is 1. The van der Waals surface area contributed by atoms with Gasteiger partial charge in [0.1, 0.15) is 0 Å². The number of rotatable bonds is 0. The van der Waals surface area contributed by atoms with Crippen LogP contribution in [0.4, 0.5) is 0 Å². The van der Waals surface area contributed by atoms with Gasteiger partial charge in [-0.3, -0.25) is 0 Å². The van der Waals surface area contributed by atoms with Gasteiger partial charge in [0, 0.05) is 22.7 Å². The summed E-state index contributed by atoms with van der Waals surface area (Å²) in [6.45, 7) is 0. The van der Waals surface area contributed by atoms with E-state index in [1.54, 1.807) is 0 Å². The van der Waals surface area contributed by atoms with Crippen molar-refractivity contribution in [1.82, 2.24) is 9.38 Å². The van der Waals surface area contributed by atoms with E-state index in [2.05, 4.69) is 60.7 Å². The minimum absolute atomic E-state index is 0.934. The fraction of sp³-hybridized carbons (Fsp3) is 0.0714. The third kappa shape index (κ3) is 1.30. The first kappa shape index (κ1) is 10.8. The van der Waals surface area contributed by atoms with Crippen molar-refractivity contribution in [3.63, 3.8) is 0 Å². The van der Waals surface area contributed by atoms with E-state index in [9.17, 15) is 0 Å². The zero-order valence-corrected chi connectivity index (χ0v) is 12.5. The standard InChI is InChI=1S/C14H8Br2N2/c15-10-4-1-3-8-9(10)7-12-13(8)17-14-11(16)5-2-6-18(12)14/h1-6H,7H2. The summed E-state index contributed by atoms with van der Waals surface area (Å²) in [6, 6.07) is 10.4. The summed E-state index contributed by atoms with van der Waals surface area (Å²) in [5, 5.41) is 0. The third-order valence-corrected chi connectivity index (χ3v) is 4.78. The van der Waals surface area contributed by atoms with Crippen molar-refractivity contribution < 1.29 is 0 Å². The van der Waals surface area contributed by atoms with Crippen LogP contribution in [0.15, 0.2) is 45.5 Å². The van der Waals surface area contributed by atoms with Crippen LogP contribution >= 0.6 is 31.9 Å². The molecule has 2 nitrogen and oxygen atoms in total. The SMILES string of the molecule is Brc1cccc2c1Cc1c-2nc2c(Br)cccn12. The summed E-state index contributed by atoms with van der Waals surface area (Å²) in [6.07, 6.45) is 3.01. The van der Waals surface area contributed by atoms with Gasteiger partial charge in [-0.05, 0) is 39.7 Å². The van der Waals surface area contributed by atoms with Gasteiger partial charge in [-0.2, -0.15) is 0 Å². The topological polar surface area (TPSA) is 17.3 Å². The van der Waals surface area contributed by atoms with Crippen molar-refractivity contribution in [2.24, 2.45) is 0 Å². The quantitative estimate of drug-likeness (QED) is 0.451. The van der Waals surface area contributed by atoms with Crippen molar-refractivity contribution in [3.8, 4) is 11.3 Å². The number of hydrogen-bond acceptors (Lipinski definition) is 1. The Morgan fingerprint density at radius 1 is 1.06 bits per heavy atom. The Labute approximate surface area is 121 Å². The zero-order valence-electron chi connectivity index (χ0n) is 9.32. The molecule has 18 heavy (non-hydrogen) atoms. The molecule has 0 spiro atoms. The van der Waals surface area contributed by atoms with Gasteiger partial charge in [0.15, 0.2) is 5.65 Å². The van der Waals surface area contributed by atoms with Crippen LogP contribution in [0.3, 0.4) is 0 Å². The van der Waals surface area contributed by atoms with E-state index in [-0.39, 0.29) is 0 Å². The number of benzene rings is 1. The van der Waals surface area contributed by atoms with Crippen molar-refractivity contribution in [3.05, 3.63) is 56.7 Å². The van der Waals surface area contributed by atoms with Gasteiger partial charge in [0.2, 0.25) is 0 Å². The Bertz CT molecular complexity index is 790. The molecular weight excluding hydrogens is 356 g/mol. The second-order valence-corrected chi connectivity index (χ2v) is 6.11. The Hall–Kier alpha value is -1.13. The number of nitrogens with zero attached hydrogens (tertiary/aromatic N) is 2. The number of fused-ring (bicyclic) bond motifs is 5. The van der Waals surface area contributed by atoms with Crippen LogP contribution in [0.5, 0.6) is 0 Å². The van der Waals surface area contributed by atoms with E-state index < -0.39 is 0 Å². The first-order valence-electron chi connectivity index (χ1n) is 5.69. The summed E-state index contributed by atoms with van der Waals surface area (Å²) in [5.74, 6) is 0. The number of hydrogen-bond donors (Lipinski definition) is 0. The Morgan fingerprint density at radius 3 is 2.78 bits per heavy atom. The maximum absolute atomic E-state index is 4.77. The van der Waals surface area contributed by atoms with E-state index in [4.69, 9.17) is 4.98 Å². The van der Waals surface area contributed by atoms with Crippen molar-refractivity contribution in [2.75, 3.05) is 0 Å². The smallest absolute Gasteiger partial charge is 0.152 e. The third-order valence-electron chi connectivity index (χ3n) is 3.42. The molecule has 4 rings (SSSR count). The lowest BCUT2D eigenvalue weighted by Crippen LogP contribution is -1.92. The molecular formula is C14H8Br2N2. The summed E-state index contributed by atoms with van der Waals surface area (Å²) >= 11 is 7.18. The van der Waals surface area contributed by atoms with E-state index in [0.29, 0.717) is 0 Å². The molecule has 1 aliphatic carbocycles. The molecule has 1 aliphatic rings. The molecule has 0 unspecified atom stereocenters. The molecule has 1 aromatic carbocycles. The summed E-state index contributed by atoms with van der Waals surface area (Å²) in [4.78, 5) is 4.77. The molecule has 0 amide bonds. The maximum Gasteiger partial charge on any atom is 0.152 e. The first-order chi connectivity index (χ1) is 8.75. The second kappa shape index (κ2) is 3.68. The van der Waals surface area contributed by atoms with Gasteiger partial charge in [-0.25, -0.2) is 4.98 Å². The number of pyridine rings is 1. The average molecular weight is 364 g/mol. The fourth-order valence-corrected chi connectivity index (χ4v) is 3.53. The Kier molecular flexibility index (Phi) is 2.20. The van der Waals surface area contributed by atoms with Gasteiger partial charge in [0.05, 0.1) is 15.9 Å². The Balaban J connectivity index is 2.11. The van der Waals surface area contributed by atoms with Crippen molar-refractivity contribution in [2.45, 2.75) is 6.42 Å². The first-order valence-corrected chi connectivity index (χ1v) is 7.27. The van der Waals surface area contributed by atoms with Gasteiger partial charge in [0.25, 0.3) is 0 Å². The lowest BCUT2D eigenvalue weighted by atomic mass is 10.1. The summed E-state index contributed by atoms with van der Waals surface area (Å²) in [5.41, 5.74) is 5.96. The zero-order chi connectivity index (χ0) is 12.3. The predicted molar refractivity (Wildman–Crippen MR) is 78.8 cm³/mol. The van der Waals surface area contributed by atoms with E-state index in [1.165, 1.54) is 21.3 Å². The van der Waals surface area contributed by atoms with E-state index in [1.807, 2.05) is 12.1 Å². The summed E-state index contributed by atoms with van der Waals surface area (Å²) < 4.78 is 4.38. The molecule has 0 bridgehead atoms. The van der Waals surface area contributed by atoms with Crippen LogP contribution in [0.2, 0.25) is 0 Å². The maximum atomic E-state index is 4.77. The van der Waals surface area contributed by atoms with Gasteiger partial charge >= 0.3 is 0 Å². The van der Waals surface area contributed by atoms with E-state index in [0.717, 1.165) is 22.2 Å². The lowest BCUT2D eigenvalue weighted by Gasteiger charge is -2.02. The molecule has 0 atom stereocenters. The number of aromatic nitrogens is 2. The van der Waals surface area contributed by atoms with Crippen molar-refractivity contribution >= 4 is 37.5 Å². The molecule has 0 fully saturated rings. The second-order valence-electron chi connectivity index (χ2n) is 4.40. The van der Waals surface area contributed by atoms with Gasteiger partial charge in [-0.1, -0.05) is 28.1 Å². The minimum atomic E-state index is 0.934. The molecule has 3 aromatic rings. The molecule has 0 saturated carbocycles. The lowest BCUT2D eigenvalue weighted by molar-refractivity contribution is 1.04. The molecule has 0 N–H and O–H groups in total. The predicted octanol–water partition coefficient (Wildman–Crippen LogP) is 4.43. The number of halogens is 2. The van der Waals surface area contributed by atoms with Crippen LogP contribution in [0.1, 0.15) is 11.3 Å². The average Bonchev–Trinajstić information content (AvgIpc) is 2.88. The molecule has 0 radical (unpaired) electrons. The van der Waals surface area contributed by atoms with Crippen molar-refractivity contribution in [1.29, 1.82) is 0 Å². The molecule has 2 aromatic heterocycles. The monoisotopic (exact) mass is 362 g/mol. The van der Waals surface area contributed by atoms with Crippen LogP contribution in [0, 0.1) is 0 Å². The van der Waals surface area contributed by atoms with Crippen LogP contribution < -0.4 is 0 Å². The highest BCUT2D eigenvalue weighted by molar-refractivity contribution is 9.11. The normalized spacial score (nSPS) is 12.8. The van der Waals surface area contributed by atoms with E-state index >= 15 is 0 Å². The summed E-state index contributed by atoms with van der Waals surface area (Å²) in [7, 11) is 0. The largest absolute Gasteiger partial charge is 0.302 e. The Morgan fingerprint density at radius 2 is 1.89 bits per heavy atom. The fourth-order valence-electron chi connectivity index (χ4n) is 2.60. The molecule has 88 valence electrons. The van der Waals surface area contributed by atoms with Gasteiger partial charge < -0.3 is 4.40 Å². The molecule has 0 aliphatic heterocycles. The highest BCUT2D eigenvalue weighted by Crippen LogP contribution is 2.40. The van der Waals surface area contributed by atoms with Gasteiger partial charge in [-0.15, -0.1) is 0 Å². The minimum Gasteiger partial charge on any atom is -0.302 e. The highest BCUT2D eigenvalue weighted by Gasteiger charge is 2.25. The molecule has 4 heteroatoms.